The van der Waals surface area contributed by atoms with Gasteiger partial charge in [-0.2, -0.15) is 0 Å². The number of aliphatic hydroxyl groups excluding tert-OH is 1. The fourth-order valence-corrected chi connectivity index (χ4v) is 5.69. The van der Waals surface area contributed by atoms with E-state index < -0.39 is 12.1 Å². The van der Waals surface area contributed by atoms with E-state index in [1.165, 1.54) is 5.56 Å². The van der Waals surface area contributed by atoms with Crippen molar-refractivity contribution in [2.24, 2.45) is 5.92 Å². The van der Waals surface area contributed by atoms with E-state index in [0.717, 1.165) is 31.6 Å². The topological polar surface area (TPSA) is 113 Å². The number of nitrogens with zero attached hydrogens (tertiary/aromatic N) is 2. The van der Waals surface area contributed by atoms with E-state index in [1.807, 2.05) is 44.2 Å². The Balaban J connectivity index is 1.57. The molecule has 1 heterocycles. The Bertz CT molecular complexity index is 1420. The second-order valence-electron chi connectivity index (χ2n) is 12.5. The maximum Gasteiger partial charge on any atom is 0.323 e. The number of carbonyl (C=O) groups is 2. The number of ether oxygens (including phenoxy) is 3. The van der Waals surface area contributed by atoms with Gasteiger partial charge in [0.1, 0.15) is 11.5 Å². The molecule has 10 heteroatoms. The van der Waals surface area contributed by atoms with Crippen LogP contribution in [0.25, 0.3) is 0 Å². The largest absolute Gasteiger partial charge is 0.497 e. The van der Waals surface area contributed by atoms with Crippen LogP contribution in [0.15, 0.2) is 72.8 Å². The molecule has 4 atom stereocenters. The molecule has 3 aromatic rings. The van der Waals surface area contributed by atoms with Gasteiger partial charge in [0.15, 0.2) is 0 Å². The van der Waals surface area contributed by atoms with Gasteiger partial charge in [0.05, 0.1) is 37.5 Å². The Hall–Kier alpha value is -4.12. The van der Waals surface area contributed by atoms with Gasteiger partial charge in [-0.3, -0.25) is 9.69 Å². The molecule has 1 aliphatic heterocycles. The molecule has 3 amide bonds. The first kappa shape index (κ1) is 35.7. The molecule has 0 saturated carbocycles. The molecule has 0 radical (unpaired) electrons. The zero-order chi connectivity index (χ0) is 33.8. The first-order valence-electron chi connectivity index (χ1n) is 16.5. The lowest BCUT2D eigenvalue weighted by Gasteiger charge is -2.36. The van der Waals surface area contributed by atoms with E-state index in [4.69, 9.17) is 14.2 Å². The summed E-state index contributed by atoms with van der Waals surface area (Å²) in [6.45, 7) is 8.09. The number of fused-ring (bicyclic) bond motifs is 1. The maximum atomic E-state index is 14.4. The summed E-state index contributed by atoms with van der Waals surface area (Å²) < 4.78 is 18.1. The number of amides is 3. The summed E-state index contributed by atoms with van der Waals surface area (Å²) in [5.74, 6) is 0.941. The molecule has 10 nitrogen and oxygen atoms in total. The van der Waals surface area contributed by atoms with E-state index in [2.05, 4.69) is 41.6 Å². The standard InChI is InChI=1S/C37H50N4O6/c1-26-22-41(27(2)25-42)36(43)33-21-31(39-37(44)38-30-12-7-6-8-13-30)16-19-34(33)47-28(3)11-9-10-20-46-35(26)24-40(4)23-29-14-17-32(45-5)18-15-29/h6-8,12-19,21,26-28,35,42H,9-11,20,22-25H2,1-5H3,(H2,38,39,44)/t26-,27-,28-,35+/m1/s1. The van der Waals surface area contributed by atoms with Crippen molar-refractivity contribution in [3.63, 3.8) is 0 Å². The van der Waals surface area contributed by atoms with Gasteiger partial charge in [0, 0.05) is 43.5 Å². The summed E-state index contributed by atoms with van der Waals surface area (Å²) in [6, 6.07) is 21.4. The second-order valence-corrected chi connectivity index (χ2v) is 12.5. The van der Waals surface area contributed by atoms with Crippen LogP contribution in [0.3, 0.4) is 0 Å². The summed E-state index contributed by atoms with van der Waals surface area (Å²) in [7, 11) is 3.73. The second kappa shape index (κ2) is 17.7. The van der Waals surface area contributed by atoms with Crippen LogP contribution in [-0.2, 0) is 11.3 Å². The maximum absolute atomic E-state index is 14.4. The van der Waals surface area contributed by atoms with E-state index in [0.29, 0.717) is 42.4 Å². The smallest absolute Gasteiger partial charge is 0.323 e. The Morgan fingerprint density at radius 3 is 2.47 bits per heavy atom. The van der Waals surface area contributed by atoms with Crippen molar-refractivity contribution in [1.29, 1.82) is 0 Å². The molecule has 3 N–H and O–H groups in total. The lowest BCUT2D eigenvalue weighted by Crippen LogP contribution is -2.47. The molecule has 0 fully saturated rings. The number of benzene rings is 3. The van der Waals surface area contributed by atoms with Crippen molar-refractivity contribution < 1.29 is 28.9 Å². The minimum atomic E-state index is -0.459. The number of methoxy groups -OCH3 is 1. The van der Waals surface area contributed by atoms with Crippen LogP contribution in [0.2, 0.25) is 0 Å². The number of likely N-dealkylation sites (N-methyl/N-ethyl adjacent to an activating group) is 1. The predicted octanol–water partition coefficient (Wildman–Crippen LogP) is 6.27. The highest BCUT2D eigenvalue weighted by molar-refractivity contribution is 6.02. The van der Waals surface area contributed by atoms with Gasteiger partial charge in [-0.1, -0.05) is 37.3 Å². The molecule has 0 saturated heterocycles. The van der Waals surface area contributed by atoms with Crippen molar-refractivity contribution in [3.8, 4) is 11.5 Å². The van der Waals surface area contributed by atoms with Gasteiger partial charge in [-0.05, 0) is 88.2 Å². The van der Waals surface area contributed by atoms with E-state index in [9.17, 15) is 14.7 Å². The Morgan fingerprint density at radius 1 is 1.04 bits per heavy atom. The Kier molecular flexibility index (Phi) is 13.5. The Labute approximate surface area is 279 Å². The number of anilines is 2. The molecule has 47 heavy (non-hydrogen) atoms. The van der Waals surface area contributed by atoms with Crippen molar-refractivity contribution in [2.75, 3.05) is 51.1 Å². The van der Waals surface area contributed by atoms with Gasteiger partial charge < -0.3 is 34.9 Å². The van der Waals surface area contributed by atoms with Crippen molar-refractivity contribution >= 4 is 23.3 Å². The third kappa shape index (κ3) is 10.7. The van der Waals surface area contributed by atoms with Gasteiger partial charge in [0.25, 0.3) is 5.91 Å². The SMILES string of the molecule is COc1ccc(CN(C)C[C@@H]2OCCCC[C@@H](C)Oc3ccc(NC(=O)Nc4ccccc4)cc3C(=O)N([C@H](C)CO)C[C@H]2C)cc1. The average molecular weight is 647 g/mol. The number of hydrogen-bond acceptors (Lipinski definition) is 7. The van der Waals surface area contributed by atoms with E-state index in [-0.39, 0.29) is 30.6 Å². The van der Waals surface area contributed by atoms with Crippen LogP contribution in [-0.4, -0.2) is 85.6 Å². The lowest BCUT2D eigenvalue weighted by molar-refractivity contribution is -0.0177. The average Bonchev–Trinajstić information content (AvgIpc) is 3.06. The number of urea groups is 1. The van der Waals surface area contributed by atoms with Crippen LogP contribution in [0.5, 0.6) is 11.5 Å². The Morgan fingerprint density at radius 2 is 1.77 bits per heavy atom. The minimum absolute atomic E-state index is 0.0459. The molecule has 0 spiro atoms. The first-order valence-corrected chi connectivity index (χ1v) is 16.5. The summed E-state index contributed by atoms with van der Waals surface area (Å²) >= 11 is 0. The fraction of sp³-hybridized carbons (Fsp3) is 0.459. The third-order valence-electron chi connectivity index (χ3n) is 8.44. The zero-order valence-corrected chi connectivity index (χ0v) is 28.3. The highest BCUT2D eigenvalue weighted by Gasteiger charge is 2.30. The highest BCUT2D eigenvalue weighted by Crippen LogP contribution is 2.29. The zero-order valence-electron chi connectivity index (χ0n) is 28.3. The first-order chi connectivity index (χ1) is 22.7. The van der Waals surface area contributed by atoms with Gasteiger partial charge >= 0.3 is 6.03 Å². The van der Waals surface area contributed by atoms with Gasteiger partial charge in [0.2, 0.25) is 0 Å². The highest BCUT2D eigenvalue weighted by atomic mass is 16.5. The minimum Gasteiger partial charge on any atom is -0.497 e. The molecular formula is C37H50N4O6. The number of hydrogen-bond donors (Lipinski definition) is 3. The quantitative estimate of drug-likeness (QED) is 0.251. The monoisotopic (exact) mass is 646 g/mol. The van der Waals surface area contributed by atoms with Crippen molar-refractivity contribution in [1.82, 2.24) is 9.80 Å². The van der Waals surface area contributed by atoms with Crippen LogP contribution in [0, 0.1) is 5.92 Å². The van der Waals surface area contributed by atoms with Gasteiger partial charge in [-0.15, -0.1) is 0 Å². The summed E-state index contributed by atoms with van der Waals surface area (Å²) in [6.07, 6.45) is 2.32. The van der Waals surface area contributed by atoms with E-state index in [1.54, 1.807) is 42.3 Å². The molecule has 4 rings (SSSR count). The lowest BCUT2D eigenvalue weighted by atomic mass is 10.0. The fourth-order valence-electron chi connectivity index (χ4n) is 5.69. The normalized spacial score (nSPS) is 20.0. The molecule has 3 aromatic carbocycles. The molecule has 0 aliphatic carbocycles. The van der Waals surface area contributed by atoms with Crippen molar-refractivity contribution in [2.45, 2.75) is 64.8 Å². The molecule has 0 unspecified atom stereocenters. The summed E-state index contributed by atoms with van der Waals surface area (Å²) in [5, 5.41) is 15.9. The van der Waals surface area contributed by atoms with Crippen LogP contribution >= 0.6 is 0 Å². The van der Waals surface area contributed by atoms with Crippen molar-refractivity contribution in [3.05, 3.63) is 83.9 Å². The number of rotatable bonds is 9. The third-order valence-corrected chi connectivity index (χ3v) is 8.44. The predicted molar refractivity (Wildman–Crippen MR) is 185 cm³/mol. The molecule has 0 bridgehead atoms. The van der Waals surface area contributed by atoms with Crippen LogP contribution in [0.1, 0.15) is 56.0 Å². The summed E-state index contributed by atoms with van der Waals surface area (Å²) in [5.41, 5.74) is 2.60. The number of carbonyl (C=O) groups excluding carboxylic acids is 2. The summed E-state index contributed by atoms with van der Waals surface area (Å²) in [4.78, 5) is 31.1. The molecule has 1 aliphatic rings. The number of nitrogens with one attached hydrogen (secondary N) is 2. The van der Waals surface area contributed by atoms with Gasteiger partial charge in [-0.25, -0.2) is 4.79 Å². The number of para-hydroxylation sites is 1. The number of aliphatic hydroxyl groups is 1. The molecular weight excluding hydrogens is 596 g/mol. The van der Waals surface area contributed by atoms with Crippen LogP contribution < -0.4 is 20.1 Å². The van der Waals surface area contributed by atoms with Crippen LogP contribution in [0.4, 0.5) is 16.2 Å². The molecule has 0 aromatic heterocycles. The van der Waals surface area contributed by atoms with E-state index >= 15 is 0 Å². The molecule has 254 valence electrons.